The van der Waals surface area contributed by atoms with Gasteiger partial charge in [0.05, 0.1) is 43.1 Å². The molecule has 0 aliphatic rings. The van der Waals surface area contributed by atoms with Gasteiger partial charge in [-0.1, -0.05) is 188 Å². The first-order valence-electron chi connectivity index (χ1n) is 24.0. The molecular formula is C62H38N6. The van der Waals surface area contributed by atoms with Gasteiger partial charge in [-0.05, 0) is 70.0 Å². The van der Waals surface area contributed by atoms with Gasteiger partial charge in [-0.25, -0.2) is 15.0 Å². The second kappa shape index (κ2) is 15.9. The second-order valence-corrected chi connectivity index (χ2v) is 16.8. The van der Waals surface area contributed by atoms with Gasteiger partial charge in [-0.15, -0.1) is 0 Å². The molecule has 0 radical (unpaired) electrons. The second-order valence-electron chi connectivity index (χ2n) is 16.8. The summed E-state index contributed by atoms with van der Waals surface area (Å²) in [7, 11) is 0. The molecule has 0 bridgehead atoms. The molecule has 6 nitrogen and oxygen atoms in total. The Morgan fingerprint density at radius 3 is 1.50 bits per heavy atom. The number of benzene rings is 10. The summed E-state index contributed by atoms with van der Waals surface area (Å²) in [6, 6.07) is 72.9. The Hall–Kier alpha value is -9.44. The minimum Gasteiger partial charge on any atom is -0.309 e. The van der Waals surface area contributed by atoms with E-state index in [0.29, 0.717) is 22.8 Å². The molecule has 0 aliphatic carbocycles. The molecule has 3 heterocycles. The molecule has 13 rings (SSSR count). The highest BCUT2D eigenvalue weighted by molar-refractivity contribution is 6.26. The first kappa shape index (κ1) is 35.9. The van der Waals surface area contributed by atoms with Crippen LogP contribution >= 0.6 is 0 Å². The maximum absolute atomic E-state index is 11.3. The van der Waals surface area contributed by atoms with Crippen LogP contribution in [0.3, 0.4) is 0 Å². The molecule has 0 aliphatic heterocycles. The van der Waals surface area contributed by atoms with E-state index in [1.54, 1.807) is 0 Å². The fourth-order valence-electron chi connectivity index (χ4n) is 9.79. The molecule has 0 N–H and O–H groups in total. The number of nitriles is 1. The van der Waals surface area contributed by atoms with Crippen LogP contribution in [-0.2, 0) is 0 Å². The van der Waals surface area contributed by atoms with Gasteiger partial charge >= 0.3 is 0 Å². The fourth-order valence-corrected chi connectivity index (χ4v) is 9.79. The van der Waals surface area contributed by atoms with Gasteiger partial charge in [0.1, 0.15) is 6.07 Å². The zero-order valence-corrected chi connectivity index (χ0v) is 36.4. The Balaban J connectivity index is 1.05. The van der Waals surface area contributed by atoms with Gasteiger partial charge < -0.3 is 9.13 Å². The topological polar surface area (TPSA) is 72.3 Å². The highest BCUT2D eigenvalue weighted by atomic mass is 15.0. The summed E-state index contributed by atoms with van der Waals surface area (Å²) in [6.07, 6.45) is 0. The molecule has 316 valence electrons. The Morgan fingerprint density at radius 2 is 0.868 bits per heavy atom. The summed E-state index contributed by atoms with van der Waals surface area (Å²) < 4.78 is 34.0. The maximum Gasteiger partial charge on any atom is 0.164 e. The van der Waals surface area contributed by atoms with Crippen LogP contribution in [0.2, 0.25) is 0 Å². The average molecular weight is 870 g/mol. The van der Waals surface area contributed by atoms with Gasteiger partial charge in [-0.3, -0.25) is 0 Å². The molecule has 68 heavy (non-hydrogen) atoms. The number of aromatic nitrogens is 5. The lowest BCUT2D eigenvalue weighted by Gasteiger charge is -2.14. The van der Waals surface area contributed by atoms with E-state index in [1.165, 1.54) is 0 Å². The summed E-state index contributed by atoms with van der Waals surface area (Å²) in [4.78, 5) is 14.9. The monoisotopic (exact) mass is 869 g/mol. The van der Waals surface area contributed by atoms with Crippen LogP contribution < -0.4 is 0 Å². The van der Waals surface area contributed by atoms with Crippen LogP contribution in [0.1, 0.15) is 9.68 Å². The zero-order valence-electron chi connectivity index (χ0n) is 39.4. The van der Waals surface area contributed by atoms with Crippen molar-refractivity contribution >= 4 is 54.4 Å². The molecule has 10 aromatic carbocycles. The van der Waals surface area contributed by atoms with Crippen LogP contribution in [0.4, 0.5) is 0 Å². The summed E-state index contributed by atoms with van der Waals surface area (Å²) in [5.74, 6) is 0.688. The third-order valence-electron chi connectivity index (χ3n) is 13.0. The van der Waals surface area contributed by atoms with Crippen molar-refractivity contribution in [3.63, 3.8) is 0 Å². The molecule has 0 unspecified atom stereocenters. The SMILES string of the molecule is [2H]c1c([2H])c(-n2c3ccccc3c3ccc4c(c5ccccc5n4-c4cccc5ccccc45)c32)c(C#N)c([2H])c1-c1nc(-c2ccc(-c3ccccc3)cc2)nc(-c2ccc(-c3ccccc3)cc2)n1. The highest BCUT2D eigenvalue weighted by Crippen LogP contribution is 2.43. The van der Waals surface area contributed by atoms with Gasteiger partial charge in [0.2, 0.25) is 0 Å². The molecule has 0 atom stereocenters. The first-order valence-corrected chi connectivity index (χ1v) is 22.5. The number of fused-ring (bicyclic) bond motifs is 8. The van der Waals surface area contributed by atoms with E-state index in [-0.39, 0.29) is 40.8 Å². The maximum atomic E-state index is 11.3. The minimum absolute atomic E-state index is 0.0265. The van der Waals surface area contributed by atoms with Crippen LogP contribution in [0.15, 0.2) is 230 Å². The van der Waals surface area contributed by atoms with E-state index < -0.39 is 0 Å². The summed E-state index contributed by atoms with van der Waals surface area (Å²) in [6.45, 7) is 0. The van der Waals surface area contributed by atoms with Crippen LogP contribution in [0.5, 0.6) is 0 Å². The molecule has 3 aromatic heterocycles. The standard InChI is InChI=1S/C62H38N6/c63-39-48-38-47(62-65-60(45-30-26-42(27-31-45)40-14-3-1-4-15-40)64-61(66-62)46-32-28-43(29-33-46)41-16-5-2-6-17-41)34-36-53(48)68-55-23-11-9-21-50(55)51-35-37-57-58(59(51)68)52-22-10-12-24-56(52)67(57)54-25-13-19-44-18-7-8-20-49(44)54/h1-38H/i34D,36D,38D. The van der Waals surface area contributed by atoms with Gasteiger partial charge in [-0.2, -0.15) is 5.26 Å². The smallest absolute Gasteiger partial charge is 0.164 e. The first-order chi connectivity index (χ1) is 34.9. The number of rotatable bonds is 7. The normalized spacial score (nSPS) is 12.1. The fraction of sp³-hybridized carbons (Fsp3) is 0. The van der Waals surface area contributed by atoms with Crippen molar-refractivity contribution in [1.82, 2.24) is 24.1 Å². The van der Waals surface area contributed by atoms with Crippen LogP contribution in [0.25, 0.3) is 122 Å². The predicted molar refractivity (Wildman–Crippen MR) is 278 cm³/mol. The number of hydrogen-bond donors (Lipinski definition) is 0. The van der Waals surface area contributed by atoms with E-state index in [4.69, 9.17) is 15.0 Å². The van der Waals surface area contributed by atoms with Crippen molar-refractivity contribution in [2.45, 2.75) is 0 Å². The number of hydrogen-bond acceptors (Lipinski definition) is 4. The lowest BCUT2D eigenvalue weighted by molar-refractivity contribution is 1.07. The molecule has 6 heteroatoms. The van der Waals surface area contributed by atoms with Gasteiger partial charge in [0.25, 0.3) is 0 Å². The van der Waals surface area contributed by atoms with Crippen molar-refractivity contribution in [2.75, 3.05) is 0 Å². The van der Waals surface area contributed by atoms with E-state index >= 15 is 0 Å². The lowest BCUT2D eigenvalue weighted by atomic mass is 10.0. The van der Waals surface area contributed by atoms with Crippen molar-refractivity contribution in [2.24, 2.45) is 0 Å². The van der Waals surface area contributed by atoms with E-state index in [1.807, 2.05) is 132 Å². The number of para-hydroxylation sites is 2. The van der Waals surface area contributed by atoms with Crippen LogP contribution in [-0.4, -0.2) is 24.1 Å². The third kappa shape index (κ3) is 6.37. The van der Waals surface area contributed by atoms with Gasteiger partial charge in [0.15, 0.2) is 17.5 Å². The molecular weight excluding hydrogens is 829 g/mol. The van der Waals surface area contributed by atoms with Crippen LogP contribution in [0, 0.1) is 11.3 Å². The zero-order chi connectivity index (χ0) is 47.7. The Bertz CT molecular complexity index is 4200. The van der Waals surface area contributed by atoms with Crippen molar-refractivity contribution < 1.29 is 4.11 Å². The molecule has 0 saturated heterocycles. The third-order valence-corrected chi connectivity index (χ3v) is 13.0. The van der Waals surface area contributed by atoms with Gasteiger partial charge in [0, 0.05) is 43.6 Å². The molecule has 0 amide bonds. The quantitative estimate of drug-likeness (QED) is 0.160. The van der Waals surface area contributed by atoms with Crippen molar-refractivity contribution in [3.05, 3.63) is 236 Å². The van der Waals surface area contributed by atoms with Crippen molar-refractivity contribution in [1.29, 1.82) is 5.26 Å². The Morgan fingerprint density at radius 1 is 0.368 bits per heavy atom. The number of nitrogens with zero attached hydrogens (tertiary/aromatic N) is 6. The molecule has 0 saturated carbocycles. The lowest BCUT2D eigenvalue weighted by Crippen LogP contribution is -2.02. The highest BCUT2D eigenvalue weighted by Gasteiger charge is 2.23. The van der Waals surface area contributed by atoms with E-state index in [0.717, 1.165) is 82.3 Å². The Kier molecular flexibility index (Phi) is 8.39. The molecule has 0 spiro atoms. The van der Waals surface area contributed by atoms with E-state index in [9.17, 15) is 9.37 Å². The van der Waals surface area contributed by atoms with Crippen molar-refractivity contribution in [3.8, 4) is 73.9 Å². The largest absolute Gasteiger partial charge is 0.309 e. The minimum atomic E-state index is -0.276. The summed E-state index contributed by atoms with van der Waals surface area (Å²) in [5.41, 5.74) is 10.1. The van der Waals surface area contributed by atoms with E-state index in [2.05, 4.69) is 95.6 Å². The average Bonchev–Trinajstić information content (AvgIpc) is 3.95. The summed E-state index contributed by atoms with van der Waals surface area (Å²) in [5, 5.41) is 17.3. The molecule has 13 aromatic rings. The summed E-state index contributed by atoms with van der Waals surface area (Å²) >= 11 is 0. The Labute approximate surface area is 396 Å². The molecule has 0 fully saturated rings. The predicted octanol–water partition coefficient (Wildman–Crippen LogP) is 15.4.